The van der Waals surface area contributed by atoms with Crippen LogP contribution in [0.15, 0.2) is 100 Å². The van der Waals surface area contributed by atoms with Gasteiger partial charge in [0, 0.05) is 33.8 Å². The molecule has 0 aliphatic carbocycles. The van der Waals surface area contributed by atoms with Gasteiger partial charge in [-0.25, -0.2) is 8.42 Å². The fourth-order valence-electron chi connectivity index (χ4n) is 3.57. The molecule has 0 aliphatic rings. The van der Waals surface area contributed by atoms with Crippen molar-refractivity contribution in [2.24, 2.45) is 0 Å². The number of carbonyl (C=O) groups excluding carboxylic acids is 1. The van der Waals surface area contributed by atoms with Crippen molar-refractivity contribution >= 4 is 60.8 Å². The Balaban J connectivity index is 1.42. The molecule has 33 heavy (non-hydrogen) atoms. The molecule has 0 aliphatic heterocycles. The van der Waals surface area contributed by atoms with Crippen molar-refractivity contribution in [3.63, 3.8) is 0 Å². The summed E-state index contributed by atoms with van der Waals surface area (Å²) in [5.74, 6) is -0.474. The number of amides is 1. The van der Waals surface area contributed by atoms with E-state index >= 15 is 0 Å². The summed E-state index contributed by atoms with van der Waals surface area (Å²) in [6, 6.07) is 25.6. The zero-order valence-corrected chi connectivity index (χ0v) is 18.7. The van der Waals surface area contributed by atoms with Gasteiger partial charge in [0.25, 0.3) is 15.9 Å². The summed E-state index contributed by atoms with van der Waals surface area (Å²) in [5.41, 5.74) is 2.46. The smallest absolute Gasteiger partial charge is 0.263 e. The molecule has 0 bridgehead atoms. The molecule has 1 aromatic heterocycles. The number of hydrogen-bond acceptors (Lipinski definition) is 4. The fraction of sp³-hybridized carbons (Fsp3) is 0. The lowest BCUT2D eigenvalue weighted by Crippen LogP contribution is -2.16. The van der Waals surface area contributed by atoms with Gasteiger partial charge in [-0.05, 0) is 48.5 Å². The Kier molecular flexibility index (Phi) is 5.28. The number of benzene rings is 4. The van der Waals surface area contributed by atoms with Crippen LogP contribution in [0.25, 0.3) is 21.9 Å². The molecule has 0 atom stereocenters. The van der Waals surface area contributed by atoms with Crippen molar-refractivity contribution in [3.8, 4) is 0 Å². The molecule has 6 nitrogen and oxygen atoms in total. The normalized spacial score (nSPS) is 11.5. The molecule has 8 heteroatoms. The van der Waals surface area contributed by atoms with E-state index in [-0.39, 0.29) is 15.5 Å². The molecule has 5 aromatic rings. The Morgan fingerprint density at radius 3 is 2.30 bits per heavy atom. The molecular formula is C25H17ClN2O4S. The van der Waals surface area contributed by atoms with Crippen LogP contribution < -0.4 is 10.0 Å². The minimum Gasteiger partial charge on any atom is -0.456 e. The van der Waals surface area contributed by atoms with E-state index in [4.69, 9.17) is 16.0 Å². The number of nitrogens with one attached hydrogen (secondary N) is 2. The van der Waals surface area contributed by atoms with Crippen molar-refractivity contribution in [1.29, 1.82) is 0 Å². The highest BCUT2D eigenvalue weighted by Crippen LogP contribution is 2.31. The topological polar surface area (TPSA) is 88.4 Å². The average Bonchev–Trinajstić information content (AvgIpc) is 3.17. The van der Waals surface area contributed by atoms with Gasteiger partial charge in [-0.1, -0.05) is 48.0 Å². The molecule has 0 spiro atoms. The molecular weight excluding hydrogens is 460 g/mol. The minimum atomic E-state index is -3.99. The first-order chi connectivity index (χ1) is 15.9. The standard InChI is InChI=1S/C25H17ClN2O4S/c26-21-13-10-16(14-24(21)33(30,31)28-17-6-2-1-3-7-17)25(29)27-18-11-12-20-19-8-4-5-9-22(19)32-23(20)15-18/h1-15,28H,(H,27,29). The maximum Gasteiger partial charge on any atom is 0.263 e. The average molecular weight is 477 g/mol. The molecule has 2 N–H and O–H groups in total. The molecule has 0 saturated heterocycles. The number of sulfonamides is 1. The lowest BCUT2D eigenvalue weighted by atomic mass is 10.1. The highest BCUT2D eigenvalue weighted by atomic mass is 35.5. The van der Waals surface area contributed by atoms with Gasteiger partial charge in [0.05, 0.1) is 5.02 Å². The van der Waals surface area contributed by atoms with Gasteiger partial charge >= 0.3 is 0 Å². The van der Waals surface area contributed by atoms with Crippen LogP contribution in [-0.4, -0.2) is 14.3 Å². The van der Waals surface area contributed by atoms with Gasteiger partial charge in [0.1, 0.15) is 16.1 Å². The summed E-state index contributed by atoms with van der Waals surface area (Å²) in [5, 5.41) is 4.73. The molecule has 0 unspecified atom stereocenters. The van der Waals surface area contributed by atoms with Crippen LogP contribution in [0.2, 0.25) is 5.02 Å². The Labute approximate surface area is 194 Å². The van der Waals surface area contributed by atoms with Crippen molar-refractivity contribution in [1.82, 2.24) is 0 Å². The van der Waals surface area contributed by atoms with E-state index in [0.717, 1.165) is 16.4 Å². The maximum atomic E-state index is 12.9. The second-order valence-electron chi connectivity index (χ2n) is 7.38. The fourth-order valence-corrected chi connectivity index (χ4v) is 5.16. The van der Waals surface area contributed by atoms with Crippen LogP contribution in [0.3, 0.4) is 0 Å². The number of carbonyl (C=O) groups is 1. The van der Waals surface area contributed by atoms with Crippen molar-refractivity contribution in [3.05, 3.63) is 102 Å². The molecule has 1 heterocycles. The zero-order valence-electron chi connectivity index (χ0n) is 17.1. The van der Waals surface area contributed by atoms with Crippen LogP contribution in [0.5, 0.6) is 0 Å². The predicted molar refractivity (Wildman–Crippen MR) is 130 cm³/mol. The zero-order chi connectivity index (χ0) is 23.0. The lowest BCUT2D eigenvalue weighted by molar-refractivity contribution is 0.102. The van der Waals surface area contributed by atoms with Gasteiger partial charge < -0.3 is 9.73 Å². The van der Waals surface area contributed by atoms with Crippen LogP contribution in [-0.2, 0) is 10.0 Å². The molecule has 5 rings (SSSR count). The van der Waals surface area contributed by atoms with E-state index < -0.39 is 15.9 Å². The third-order valence-corrected chi connectivity index (χ3v) is 7.01. The predicted octanol–water partition coefficient (Wildman–Crippen LogP) is 6.29. The third kappa shape index (κ3) is 4.16. The van der Waals surface area contributed by atoms with E-state index in [1.807, 2.05) is 30.3 Å². The quantitative estimate of drug-likeness (QED) is 0.312. The largest absolute Gasteiger partial charge is 0.456 e. The van der Waals surface area contributed by atoms with Gasteiger partial charge in [-0.15, -0.1) is 0 Å². The highest BCUT2D eigenvalue weighted by Gasteiger charge is 2.21. The summed E-state index contributed by atoms with van der Waals surface area (Å²) in [6.45, 7) is 0. The molecule has 164 valence electrons. The van der Waals surface area contributed by atoms with E-state index in [0.29, 0.717) is 17.0 Å². The Bertz CT molecular complexity index is 1610. The summed E-state index contributed by atoms with van der Waals surface area (Å²) < 4.78 is 34.0. The number of furan rings is 1. The van der Waals surface area contributed by atoms with Crippen LogP contribution in [0.4, 0.5) is 11.4 Å². The van der Waals surface area contributed by atoms with Gasteiger partial charge in [0.15, 0.2) is 0 Å². The van der Waals surface area contributed by atoms with Crippen LogP contribution >= 0.6 is 11.6 Å². The lowest BCUT2D eigenvalue weighted by Gasteiger charge is -2.11. The highest BCUT2D eigenvalue weighted by molar-refractivity contribution is 7.92. The Hall–Kier alpha value is -3.81. The Morgan fingerprint density at radius 1 is 0.758 bits per heavy atom. The van der Waals surface area contributed by atoms with Gasteiger partial charge in [0.2, 0.25) is 0 Å². The van der Waals surface area contributed by atoms with Crippen LogP contribution in [0, 0.1) is 0 Å². The van der Waals surface area contributed by atoms with Crippen LogP contribution in [0.1, 0.15) is 10.4 Å². The summed E-state index contributed by atoms with van der Waals surface area (Å²) in [4.78, 5) is 12.7. The van der Waals surface area contributed by atoms with Crippen molar-refractivity contribution in [2.75, 3.05) is 10.0 Å². The molecule has 4 aromatic carbocycles. The van der Waals surface area contributed by atoms with E-state index in [1.54, 1.807) is 42.5 Å². The van der Waals surface area contributed by atoms with Crippen molar-refractivity contribution in [2.45, 2.75) is 4.90 Å². The summed E-state index contributed by atoms with van der Waals surface area (Å²) in [7, 11) is -3.99. The Morgan fingerprint density at radius 2 is 1.48 bits per heavy atom. The SMILES string of the molecule is O=C(Nc1ccc2c(c1)oc1ccccc12)c1ccc(Cl)c(S(=O)(=O)Nc2ccccc2)c1. The molecule has 1 amide bonds. The first-order valence-corrected chi connectivity index (χ1v) is 11.9. The summed E-state index contributed by atoms with van der Waals surface area (Å²) >= 11 is 6.15. The second kappa shape index (κ2) is 8.27. The van der Waals surface area contributed by atoms with E-state index in [1.165, 1.54) is 18.2 Å². The first kappa shape index (κ1) is 21.1. The number of anilines is 2. The first-order valence-electron chi connectivity index (χ1n) is 10.0. The third-order valence-electron chi connectivity index (χ3n) is 5.15. The second-order valence-corrected chi connectivity index (χ2v) is 9.44. The van der Waals surface area contributed by atoms with E-state index in [2.05, 4.69) is 10.0 Å². The number of halogens is 1. The monoisotopic (exact) mass is 476 g/mol. The number of rotatable bonds is 5. The van der Waals surface area contributed by atoms with Gasteiger partial charge in [-0.3, -0.25) is 9.52 Å². The van der Waals surface area contributed by atoms with Crippen molar-refractivity contribution < 1.29 is 17.6 Å². The number of para-hydroxylation sites is 2. The molecule has 0 radical (unpaired) electrons. The molecule has 0 fully saturated rings. The van der Waals surface area contributed by atoms with E-state index in [9.17, 15) is 13.2 Å². The number of hydrogen-bond donors (Lipinski definition) is 2. The number of fused-ring (bicyclic) bond motifs is 3. The summed E-state index contributed by atoms with van der Waals surface area (Å²) in [6.07, 6.45) is 0. The molecule has 0 saturated carbocycles. The maximum absolute atomic E-state index is 12.9. The van der Waals surface area contributed by atoms with Gasteiger partial charge in [-0.2, -0.15) is 0 Å². The minimum absolute atomic E-state index is 0.0127.